The zero-order valence-corrected chi connectivity index (χ0v) is 9.16. The van der Waals surface area contributed by atoms with Crippen LogP contribution in [0.15, 0.2) is 12.2 Å². The first-order valence-corrected chi connectivity index (χ1v) is 5.32. The van der Waals surface area contributed by atoms with Gasteiger partial charge in [-0.25, -0.2) is 4.79 Å². The van der Waals surface area contributed by atoms with Crippen LogP contribution in [-0.4, -0.2) is 50.1 Å². The minimum absolute atomic E-state index is 0.349. The lowest BCUT2D eigenvalue weighted by molar-refractivity contribution is -0.145. The number of nitrogens with zero attached hydrogens (tertiary/aromatic N) is 1. The molecule has 1 aliphatic rings. The third-order valence-electron chi connectivity index (χ3n) is 2.22. The van der Waals surface area contributed by atoms with Crippen LogP contribution >= 0.6 is 0 Å². The van der Waals surface area contributed by atoms with Gasteiger partial charge in [0, 0.05) is 45.3 Å². The zero-order valence-electron chi connectivity index (χ0n) is 9.16. The van der Waals surface area contributed by atoms with Gasteiger partial charge in [0.1, 0.15) is 0 Å². The van der Waals surface area contributed by atoms with Crippen molar-refractivity contribution in [2.75, 3.05) is 39.3 Å². The molecule has 0 saturated carbocycles. The van der Waals surface area contributed by atoms with Gasteiger partial charge in [0.2, 0.25) is 0 Å². The molecular formula is C10H19N3O2. The predicted molar refractivity (Wildman–Crippen MR) is 58.2 cm³/mol. The third kappa shape index (κ3) is 5.51. The number of carbonyl (C=O) groups is 1. The molecule has 0 atom stereocenters. The Labute approximate surface area is 90.4 Å². The van der Waals surface area contributed by atoms with Gasteiger partial charge >= 0.3 is 5.97 Å². The van der Waals surface area contributed by atoms with Gasteiger partial charge in [-0.05, 0) is 6.92 Å². The highest BCUT2D eigenvalue weighted by atomic mass is 16.7. The lowest BCUT2D eigenvalue weighted by Crippen LogP contribution is -2.45. The number of hydrogen-bond donors (Lipinski definition) is 2. The Balaban J connectivity index is 1.98. The predicted octanol–water partition coefficient (Wildman–Crippen LogP) is -0.484. The Morgan fingerprint density at radius 1 is 1.53 bits per heavy atom. The van der Waals surface area contributed by atoms with Crippen LogP contribution in [0.2, 0.25) is 0 Å². The van der Waals surface area contributed by atoms with Crippen molar-refractivity contribution in [1.82, 2.24) is 15.7 Å². The van der Waals surface area contributed by atoms with Gasteiger partial charge in [-0.3, -0.25) is 4.90 Å². The van der Waals surface area contributed by atoms with E-state index in [1.807, 2.05) is 0 Å². The number of hydrogen-bond acceptors (Lipinski definition) is 5. The van der Waals surface area contributed by atoms with Crippen LogP contribution in [0.1, 0.15) is 6.92 Å². The fraction of sp³-hybridized carbons (Fsp3) is 0.700. The normalized spacial score (nSPS) is 18.2. The summed E-state index contributed by atoms with van der Waals surface area (Å²) in [4.78, 5) is 18.0. The molecule has 0 aromatic heterocycles. The van der Waals surface area contributed by atoms with Crippen LogP contribution in [0, 0.1) is 0 Å². The van der Waals surface area contributed by atoms with Crippen molar-refractivity contribution >= 4 is 5.97 Å². The van der Waals surface area contributed by atoms with Crippen LogP contribution in [0.25, 0.3) is 0 Å². The van der Waals surface area contributed by atoms with Crippen LogP contribution < -0.4 is 10.8 Å². The summed E-state index contributed by atoms with van der Waals surface area (Å²) >= 11 is 0. The molecular weight excluding hydrogens is 194 g/mol. The second kappa shape index (κ2) is 7.39. The summed E-state index contributed by atoms with van der Waals surface area (Å²) in [7, 11) is 0. The topological polar surface area (TPSA) is 53.6 Å². The summed E-state index contributed by atoms with van der Waals surface area (Å²) in [5.74, 6) is -0.349. The maximum absolute atomic E-state index is 10.9. The van der Waals surface area contributed by atoms with Gasteiger partial charge in [-0.1, -0.05) is 6.08 Å². The number of hydroxylamine groups is 1. The molecule has 0 amide bonds. The summed E-state index contributed by atoms with van der Waals surface area (Å²) in [6.45, 7) is 7.56. The Morgan fingerprint density at radius 3 is 2.93 bits per heavy atom. The maximum atomic E-state index is 10.9. The highest BCUT2D eigenvalue weighted by Gasteiger charge is 2.08. The van der Waals surface area contributed by atoms with Crippen molar-refractivity contribution in [3.05, 3.63) is 12.2 Å². The van der Waals surface area contributed by atoms with E-state index in [1.165, 1.54) is 6.08 Å². The molecule has 1 saturated heterocycles. The number of piperazine rings is 1. The van der Waals surface area contributed by atoms with Crippen molar-refractivity contribution in [3.8, 4) is 0 Å². The van der Waals surface area contributed by atoms with E-state index in [-0.39, 0.29) is 5.97 Å². The molecule has 5 heteroatoms. The SMILES string of the molecule is C/C=C/C(=O)ONCCN1CCNCC1. The van der Waals surface area contributed by atoms with Crippen LogP contribution in [0.4, 0.5) is 0 Å². The molecule has 0 aromatic carbocycles. The molecule has 2 N–H and O–H groups in total. The highest BCUT2D eigenvalue weighted by Crippen LogP contribution is 1.89. The monoisotopic (exact) mass is 213 g/mol. The number of rotatable bonds is 5. The Bertz CT molecular complexity index is 213. The first kappa shape index (κ1) is 12.2. The largest absolute Gasteiger partial charge is 0.367 e. The highest BCUT2D eigenvalue weighted by molar-refractivity contribution is 5.81. The fourth-order valence-electron chi connectivity index (χ4n) is 1.43. The van der Waals surface area contributed by atoms with E-state index >= 15 is 0 Å². The van der Waals surface area contributed by atoms with E-state index in [9.17, 15) is 4.79 Å². The molecule has 0 unspecified atom stereocenters. The Hall–Kier alpha value is -0.910. The van der Waals surface area contributed by atoms with Crippen molar-refractivity contribution < 1.29 is 9.63 Å². The van der Waals surface area contributed by atoms with Crippen LogP contribution in [0.3, 0.4) is 0 Å². The van der Waals surface area contributed by atoms with Gasteiger partial charge in [-0.15, -0.1) is 0 Å². The van der Waals surface area contributed by atoms with Crippen molar-refractivity contribution in [2.45, 2.75) is 6.92 Å². The number of nitrogens with one attached hydrogen (secondary N) is 2. The van der Waals surface area contributed by atoms with Crippen molar-refractivity contribution in [1.29, 1.82) is 0 Å². The molecule has 86 valence electrons. The van der Waals surface area contributed by atoms with Gasteiger partial charge in [0.25, 0.3) is 0 Å². The van der Waals surface area contributed by atoms with Crippen LogP contribution in [-0.2, 0) is 9.63 Å². The Morgan fingerprint density at radius 2 is 2.27 bits per heavy atom. The minimum atomic E-state index is -0.349. The third-order valence-corrected chi connectivity index (χ3v) is 2.22. The first-order valence-electron chi connectivity index (χ1n) is 5.32. The molecule has 1 fully saturated rings. The maximum Gasteiger partial charge on any atom is 0.349 e. The number of carbonyl (C=O) groups excluding carboxylic acids is 1. The molecule has 0 radical (unpaired) electrons. The fourth-order valence-corrected chi connectivity index (χ4v) is 1.43. The molecule has 0 aromatic rings. The molecule has 0 spiro atoms. The van der Waals surface area contributed by atoms with E-state index < -0.39 is 0 Å². The molecule has 0 aliphatic carbocycles. The minimum Gasteiger partial charge on any atom is -0.367 e. The molecule has 15 heavy (non-hydrogen) atoms. The molecule has 0 bridgehead atoms. The van der Waals surface area contributed by atoms with E-state index in [0.717, 1.165) is 32.7 Å². The second-order valence-corrected chi connectivity index (χ2v) is 3.41. The van der Waals surface area contributed by atoms with Gasteiger partial charge < -0.3 is 10.2 Å². The summed E-state index contributed by atoms with van der Waals surface area (Å²) < 4.78 is 0. The van der Waals surface area contributed by atoms with Gasteiger partial charge in [0.05, 0.1) is 0 Å². The lowest BCUT2D eigenvalue weighted by Gasteiger charge is -2.26. The first-order chi connectivity index (χ1) is 7.33. The summed E-state index contributed by atoms with van der Waals surface area (Å²) in [5, 5.41) is 3.28. The van der Waals surface area contributed by atoms with Crippen molar-refractivity contribution in [3.63, 3.8) is 0 Å². The van der Waals surface area contributed by atoms with E-state index in [4.69, 9.17) is 4.84 Å². The van der Waals surface area contributed by atoms with Gasteiger partial charge in [0.15, 0.2) is 0 Å². The Kier molecular flexibility index (Phi) is 5.99. The second-order valence-electron chi connectivity index (χ2n) is 3.41. The molecule has 5 nitrogen and oxygen atoms in total. The lowest BCUT2D eigenvalue weighted by atomic mass is 10.3. The average Bonchev–Trinajstić information content (AvgIpc) is 2.26. The smallest absolute Gasteiger partial charge is 0.349 e. The number of allylic oxidation sites excluding steroid dienone is 1. The van der Waals surface area contributed by atoms with E-state index in [0.29, 0.717) is 6.54 Å². The van der Waals surface area contributed by atoms with E-state index in [1.54, 1.807) is 13.0 Å². The average molecular weight is 213 g/mol. The van der Waals surface area contributed by atoms with Gasteiger partial charge in [-0.2, -0.15) is 5.48 Å². The summed E-state index contributed by atoms with van der Waals surface area (Å²) in [6.07, 6.45) is 3.04. The van der Waals surface area contributed by atoms with Crippen molar-refractivity contribution in [2.24, 2.45) is 0 Å². The molecule has 1 aliphatic heterocycles. The molecule has 1 rings (SSSR count). The summed E-state index contributed by atoms with van der Waals surface area (Å²) in [5.41, 5.74) is 2.65. The zero-order chi connectivity index (χ0) is 10.9. The molecule has 1 heterocycles. The standard InChI is InChI=1S/C10H19N3O2/c1-2-3-10(14)15-12-6-9-13-7-4-11-5-8-13/h2-3,11-12H,4-9H2,1H3/b3-2+. The summed E-state index contributed by atoms with van der Waals surface area (Å²) in [6, 6.07) is 0. The quantitative estimate of drug-likeness (QED) is 0.367. The van der Waals surface area contributed by atoms with E-state index in [2.05, 4.69) is 15.7 Å². The van der Waals surface area contributed by atoms with Crippen LogP contribution in [0.5, 0.6) is 0 Å².